The number of non-ortho nitro benzene ring substituents is 2. The van der Waals surface area contributed by atoms with Crippen molar-refractivity contribution in [2.24, 2.45) is 0 Å². The van der Waals surface area contributed by atoms with Gasteiger partial charge in [0.05, 0.1) is 15.2 Å². The first kappa shape index (κ1) is 31.4. The van der Waals surface area contributed by atoms with Crippen LogP contribution in [0.5, 0.6) is 28.7 Å². The zero-order valence-corrected chi connectivity index (χ0v) is 26.9. The third-order valence-corrected chi connectivity index (χ3v) is 11.8. The second-order valence-electron chi connectivity index (χ2n) is 11.5. The molecule has 6 aromatic rings. The predicted molar refractivity (Wildman–Crippen MR) is 185 cm³/mol. The molecule has 1 aliphatic heterocycles. The molecule has 1 aliphatic rings. The van der Waals surface area contributed by atoms with Crippen molar-refractivity contribution >= 4 is 24.0 Å². The number of para-hydroxylation sites is 1. The van der Waals surface area contributed by atoms with Crippen LogP contribution in [0.3, 0.4) is 0 Å². The minimum atomic E-state index is -3.80. The van der Waals surface area contributed by atoms with Crippen molar-refractivity contribution in [3.8, 4) is 39.9 Å². The number of nitro benzene ring substituents is 2. The Kier molecular flexibility index (Phi) is 7.94. The zero-order valence-electron chi connectivity index (χ0n) is 26.0. The summed E-state index contributed by atoms with van der Waals surface area (Å²) in [6.45, 7) is 1.90. The molecule has 0 fully saturated rings. The number of ether oxygens (including phenoxy) is 2. The number of rotatable bonds is 9. The molecular weight excluding hydrogens is 643 g/mol. The first-order valence-corrected chi connectivity index (χ1v) is 16.8. The highest BCUT2D eigenvalue weighted by molar-refractivity contribution is 7.69. The summed E-state index contributed by atoms with van der Waals surface area (Å²) in [6, 6.07) is 41.1. The summed E-state index contributed by atoms with van der Waals surface area (Å²) in [4.78, 5) is 21.2. The smallest absolute Gasteiger partial charge is 0.292 e. The molecule has 0 N–H and O–H groups in total. The second kappa shape index (κ2) is 12.4. The summed E-state index contributed by atoms with van der Waals surface area (Å²) < 4.78 is 34.3. The van der Waals surface area contributed by atoms with Crippen LogP contribution in [0.2, 0.25) is 0 Å². The Morgan fingerprint density at radius 2 is 0.939 bits per heavy atom. The molecule has 0 aromatic heterocycles. The van der Waals surface area contributed by atoms with Crippen LogP contribution >= 0.6 is 7.37 Å². The van der Waals surface area contributed by atoms with E-state index in [1.807, 2.05) is 79.7 Å². The lowest BCUT2D eigenvalue weighted by molar-refractivity contribution is -0.385. The lowest BCUT2D eigenvalue weighted by Gasteiger charge is -2.41. The molecule has 0 saturated carbocycles. The maximum Gasteiger partial charge on any atom is 0.292 e. The molecule has 0 radical (unpaired) electrons. The summed E-state index contributed by atoms with van der Waals surface area (Å²) in [5.74, 6) is 2.35. The monoisotopic (exact) mass is 670 g/mol. The number of hydrogen-bond donors (Lipinski definition) is 0. The SMILES string of the molecule is CC(c1ccc(Oc2ccc([N+](=O)[O-])cc2)cc1)(c1ccc(Oc2ccc([N+](=O)[O-])cc2)cc1)P1(=O)Oc2ccccc2-c2ccccc21. The van der Waals surface area contributed by atoms with Gasteiger partial charge in [-0.2, -0.15) is 0 Å². The Labute approximate surface area is 280 Å². The summed E-state index contributed by atoms with van der Waals surface area (Å²) in [7, 11) is -3.80. The molecule has 11 heteroatoms. The van der Waals surface area contributed by atoms with E-state index in [0.29, 0.717) is 45.2 Å². The van der Waals surface area contributed by atoms with Crippen molar-refractivity contribution in [3.63, 3.8) is 0 Å². The highest BCUT2D eigenvalue weighted by Crippen LogP contribution is 2.69. The largest absolute Gasteiger partial charge is 0.457 e. The minimum absolute atomic E-state index is 0.0401. The van der Waals surface area contributed by atoms with Gasteiger partial charge in [-0.05, 0) is 84.3 Å². The Balaban J connectivity index is 1.29. The zero-order chi connectivity index (χ0) is 34.2. The van der Waals surface area contributed by atoms with Crippen molar-refractivity contribution < 1.29 is 28.4 Å². The lowest BCUT2D eigenvalue weighted by atomic mass is 9.92. The second-order valence-corrected chi connectivity index (χ2v) is 14.1. The first-order valence-electron chi connectivity index (χ1n) is 15.2. The van der Waals surface area contributed by atoms with E-state index in [0.717, 1.165) is 11.1 Å². The molecular formula is C38H27N2O8P. The highest BCUT2D eigenvalue weighted by atomic mass is 31.2. The number of nitrogens with zero attached hydrogens (tertiary/aromatic N) is 2. The van der Waals surface area contributed by atoms with Crippen LogP contribution in [0.25, 0.3) is 11.1 Å². The Hall–Kier alpha value is -6.25. The van der Waals surface area contributed by atoms with Gasteiger partial charge in [0.25, 0.3) is 18.7 Å². The minimum Gasteiger partial charge on any atom is -0.457 e. The van der Waals surface area contributed by atoms with Crippen LogP contribution in [-0.2, 0) is 9.72 Å². The fraction of sp³-hybridized carbons (Fsp3) is 0.0526. The van der Waals surface area contributed by atoms with Crippen LogP contribution in [0.4, 0.5) is 11.4 Å². The molecule has 0 amide bonds. The summed E-state index contributed by atoms with van der Waals surface area (Å²) in [5, 5.41) is 21.5. The van der Waals surface area contributed by atoms with Gasteiger partial charge in [-0.25, -0.2) is 0 Å². The average molecular weight is 671 g/mol. The van der Waals surface area contributed by atoms with Gasteiger partial charge in [0.1, 0.15) is 33.9 Å². The maximum absolute atomic E-state index is 15.8. The Morgan fingerprint density at radius 1 is 0.551 bits per heavy atom. The van der Waals surface area contributed by atoms with Crippen LogP contribution in [0.15, 0.2) is 146 Å². The first-order chi connectivity index (χ1) is 23.7. The lowest BCUT2D eigenvalue weighted by Crippen LogP contribution is -2.34. The molecule has 7 rings (SSSR count). The Morgan fingerprint density at radius 3 is 1.39 bits per heavy atom. The summed E-state index contributed by atoms with van der Waals surface area (Å²) in [6.07, 6.45) is 0. The normalized spacial score (nSPS) is 14.9. The molecule has 0 aliphatic carbocycles. The van der Waals surface area contributed by atoms with Crippen molar-refractivity contribution in [1.29, 1.82) is 0 Å². The maximum atomic E-state index is 15.8. The predicted octanol–water partition coefficient (Wildman–Crippen LogP) is 10.0. The number of nitro groups is 2. The van der Waals surface area contributed by atoms with Gasteiger partial charge in [0.2, 0.25) is 0 Å². The van der Waals surface area contributed by atoms with E-state index in [-0.39, 0.29) is 11.4 Å². The number of hydrogen-bond acceptors (Lipinski definition) is 8. The topological polar surface area (TPSA) is 131 Å². The van der Waals surface area contributed by atoms with E-state index >= 15 is 4.57 Å². The van der Waals surface area contributed by atoms with E-state index in [9.17, 15) is 20.2 Å². The third kappa shape index (κ3) is 5.68. The van der Waals surface area contributed by atoms with Gasteiger partial charge in [0, 0.05) is 29.8 Å². The molecule has 242 valence electrons. The molecule has 10 nitrogen and oxygen atoms in total. The quantitative estimate of drug-likeness (QED) is 0.0844. The molecule has 49 heavy (non-hydrogen) atoms. The molecule has 6 aromatic carbocycles. The molecule has 1 atom stereocenters. The summed E-state index contributed by atoms with van der Waals surface area (Å²) >= 11 is 0. The van der Waals surface area contributed by atoms with Crippen molar-refractivity contribution in [2.75, 3.05) is 0 Å². The number of benzene rings is 6. The van der Waals surface area contributed by atoms with Crippen LogP contribution in [-0.4, -0.2) is 9.85 Å². The van der Waals surface area contributed by atoms with Gasteiger partial charge in [-0.1, -0.05) is 60.7 Å². The van der Waals surface area contributed by atoms with E-state index < -0.39 is 22.4 Å². The molecule has 1 heterocycles. The van der Waals surface area contributed by atoms with Gasteiger partial charge < -0.3 is 14.0 Å². The Bertz CT molecular complexity index is 2130. The van der Waals surface area contributed by atoms with Crippen molar-refractivity contribution in [1.82, 2.24) is 0 Å². The fourth-order valence-electron chi connectivity index (χ4n) is 5.99. The standard InChI is InChI=1S/C38H27N2O8P/c1-38(26-10-18-30(19-11-26)46-32-22-14-28(15-23-32)39(41)42,27-12-20-31(21-13-27)47-33-24-16-29(17-25-33)40(43)44)49(45)37-9-5-3-7-35(37)34-6-2-4-8-36(34)48-49/h2-25H,1H3. The average Bonchev–Trinajstić information content (AvgIpc) is 3.12. The number of fused-ring (bicyclic) bond motifs is 3. The van der Waals surface area contributed by atoms with Gasteiger partial charge in [0.15, 0.2) is 0 Å². The van der Waals surface area contributed by atoms with Crippen LogP contribution in [0, 0.1) is 20.2 Å². The van der Waals surface area contributed by atoms with E-state index in [1.54, 1.807) is 24.3 Å². The third-order valence-electron chi connectivity index (χ3n) is 8.61. The van der Waals surface area contributed by atoms with Crippen molar-refractivity contribution in [2.45, 2.75) is 12.1 Å². The van der Waals surface area contributed by atoms with Crippen LogP contribution < -0.4 is 19.3 Å². The van der Waals surface area contributed by atoms with Crippen LogP contribution in [0.1, 0.15) is 18.1 Å². The van der Waals surface area contributed by atoms with E-state index in [1.165, 1.54) is 48.5 Å². The molecule has 0 spiro atoms. The summed E-state index contributed by atoms with van der Waals surface area (Å²) in [5.41, 5.74) is 3.00. The van der Waals surface area contributed by atoms with E-state index in [2.05, 4.69) is 0 Å². The van der Waals surface area contributed by atoms with Gasteiger partial charge >= 0.3 is 0 Å². The fourth-order valence-corrected chi connectivity index (χ4v) is 8.96. The molecule has 1 unspecified atom stereocenters. The molecule has 0 saturated heterocycles. The van der Waals surface area contributed by atoms with Gasteiger partial charge in [-0.3, -0.25) is 24.8 Å². The van der Waals surface area contributed by atoms with Gasteiger partial charge in [-0.15, -0.1) is 0 Å². The highest BCUT2D eigenvalue weighted by Gasteiger charge is 2.53. The molecule has 0 bridgehead atoms. The van der Waals surface area contributed by atoms with Crippen molar-refractivity contribution in [3.05, 3.63) is 177 Å². The van der Waals surface area contributed by atoms with E-state index in [4.69, 9.17) is 14.0 Å².